The smallest absolute Gasteiger partial charge is 0.254 e. The molecule has 2 heterocycles. The molecule has 0 spiro atoms. The maximum Gasteiger partial charge on any atom is 0.254 e. The molecule has 2 aromatic heterocycles. The lowest BCUT2D eigenvalue weighted by Gasteiger charge is -2.14. The van der Waals surface area contributed by atoms with Crippen LogP contribution in [0.5, 0.6) is 0 Å². The third-order valence-electron chi connectivity index (χ3n) is 5.71. The summed E-state index contributed by atoms with van der Waals surface area (Å²) in [6.07, 6.45) is 2.53. The van der Waals surface area contributed by atoms with Gasteiger partial charge in [-0.05, 0) is 39.5 Å². The van der Waals surface area contributed by atoms with Crippen LogP contribution in [0, 0.1) is 19.8 Å². The Morgan fingerprint density at radius 1 is 1.17 bits per heavy atom. The fraction of sp³-hybridized carbons (Fsp3) is 0.364. The third kappa shape index (κ3) is 3.99. The average Bonchev–Trinajstić information content (AvgIpc) is 2.92. The number of aromatic amines is 2. The first-order valence-corrected chi connectivity index (χ1v) is 9.98. The minimum Gasteiger partial charge on any atom is -0.352 e. The van der Waals surface area contributed by atoms with Crippen molar-refractivity contribution < 1.29 is 4.79 Å². The lowest BCUT2D eigenvalue weighted by atomic mass is 9.98. The molecule has 0 radical (unpaired) electrons. The largest absolute Gasteiger partial charge is 0.352 e. The predicted molar refractivity (Wildman–Crippen MR) is 110 cm³/mol. The van der Waals surface area contributed by atoms with Gasteiger partial charge >= 0.3 is 0 Å². The Balaban J connectivity index is 1.47. The maximum absolute atomic E-state index is 12.7. The second-order valence-electron chi connectivity index (χ2n) is 7.61. The van der Waals surface area contributed by atoms with E-state index >= 15 is 0 Å². The number of hydrogen-bond donors (Lipinski definition) is 3. The Morgan fingerprint density at radius 3 is 2.66 bits per heavy atom. The van der Waals surface area contributed by atoms with Crippen LogP contribution in [-0.4, -0.2) is 26.1 Å². The van der Waals surface area contributed by atoms with Crippen molar-refractivity contribution in [2.75, 3.05) is 0 Å². The van der Waals surface area contributed by atoms with Gasteiger partial charge in [-0.3, -0.25) is 14.7 Å². The van der Waals surface area contributed by atoms with Crippen LogP contribution in [0.4, 0.5) is 0 Å². The number of fused-ring (bicyclic) bond motifs is 1. The predicted octanol–water partition coefficient (Wildman–Crippen LogP) is 2.59. The molecule has 3 N–H and O–H groups in total. The SMILES string of the molecule is Cc1n[nH]c(C)c1CNC(=O)C1CCc2nc(-c3ccccc3)[nH]c(=O)c2CC1. The molecular weight excluding hydrogens is 366 g/mol. The standard InChI is InChI=1S/C22H25N5O2/c1-13-18(14(2)27-26-13)12-23-21(28)16-8-10-17-19(11-9-16)24-20(25-22(17)29)15-6-4-3-5-7-15/h3-7,16H,8-12H2,1-2H3,(H,23,28)(H,26,27)(H,24,25,29). The van der Waals surface area contributed by atoms with Crippen molar-refractivity contribution in [1.82, 2.24) is 25.5 Å². The molecular formula is C22H25N5O2. The summed E-state index contributed by atoms with van der Waals surface area (Å²) < 4.78 is 0. The maximum atomic E-state index is 12.7. The number of rotatable bonds is 4. The molecule has 4 rings (SSSR count). The van der Waals surface area contributed by atoms with Crippen molar-refractivity contribution in [3.63, 3.8) is 0 Å². The van der Waals surface area contributed by atoms with Gasteiger partial charge in [0.25, 0.3) is 5.56 Å². The molecule has 1 aliphatic carbocycles. The van der Waals surface area contributed by atoms with Crippen LogP contribution in [0.15, 0.2) is 35.1 Å². The number of aromatic nitrogens is 4. The third-order valence-corrected chi connectivity index (χ3v) is 5.71. The van der Waals surface area contributed by atoms with Crippen molar-refractivity contribution >= 4 is 5.91 Å². The van der Waals surface area contributed by atoms with Gasteiger partial charge in [-0.2, -0.15) is 5.10 Å². The number of aryl methyl sites for hydroxylation is 3. The molecule has 0 aliphatic heterocycles. The molecule has 7 heteroatoms. The Kier molecular flexibility index (Phi) is 5.29. The van der Waals surface area contributed by atoms with Crippen LogP contribution >= 0.6 is 0 Å². The topological polar surface area (TPSA) is 104 Å². The number of amides is 1. The van der Waals surface area contributed by atoms with Crippen LogP contribution < -0.4 is 10.9 Å². The van der Waals surface area contributed by atoms with Crippen LogP contribution in [0.25, 0.3) is 11.4 Å². The van der Waals surface area contributed by atoms with Crippen LogP contribution in [0.1, 0.15) is 41.1 Å². The Morgan fingerprint density at radius 2 is 1.93 bits per heavy atom. The molecule has 29 heavy (non-hydrogen) atoms. The summed E-state index contributed by atoms with van der Waals surface area (Å²) in [5, 5.41) is 10.1. The van der Waals surface area contributed by atoms with Crippen molar-refractivity contribution in [3.05, 3.63) is 68.9 Å². The van der Waals surface area contributed by atoms with Crippen molar-refractivity contribution in [1.29, 1.82) is 0 Å². The molecule has 3 aromatic rings. The minimum atomic E-state index is -0.128. The van der Waals surface area contributed by atoms with Crippen molar-refractivity contribution in [3.8, 4) is 11.4 Å². The molecule has 0 fully saturated rings. The van der Waals surface area contributed by atoms with Gasteiger partial charge in [0.15, 0.2) is 0 Å². The lowest BCUT2D eigenvalue weighted by Crippen LogP contribution is -2.30. The summed E-state index contributed by atoms with van der Waals surface area (Å²) >= 11 is 0. The highest BCUT2D eigenvalue weighted by Gasteiger charge is 2.25. The van der Waals surface area contributed by atoms with Gasteiger partial charge in [0.2, 0.25) is 5.91 Å². The van der Waals surface area contributed by atoms with Gasteiger partial charge in [0.05, 0.1) is 11.4 Å². The van der Waals surface area contributed by atoms with Gasteiger partial charge in [0, 0.05) is 34.8 Å². The summed E-state index contributed by atoms with van der Waals surface area (Å²) in [7, 11) is 0. The van der Waals surface area contributed by atoms with Crippen LogP contribution in [0.2, 0.25) is 0 Å². The Hall–Kier alpha value is -3.22. The van der Waals surface area contributed by atoms with Crippen molar-refractivity contribution in [2.24, 2.45) is 5.92 Å². The first kappa shape index (κ1) is 19.1. The molecule has 1 amide bonds. The first-order chi connectivity index (χ1) is 14.0. The highest BCUT2D eigenvalue weighted by molar-refractivity contribution is 5.78. The molecule has 1 aliphatic rings. The number of nitrogens with zero attached hydrogens (tertiary/aromatic N) is 2. The number of nitrogens with one attached hydrogen (secondary N) is 3. The van der Waals surface area contributed by atoms with Gasteiger partial charge in [-0.25, -0.2) is 4.98 Å². The minimum absolute atomic E-state index is 0.0255. The molecule has 0 saturated heterocycles. The number of hydrogen-bond acceptors (Lipinski definition) is 4. The van der Waals surface area contributed by atoms with E-state index < -0.39 is 0 Å². The quantitative estimate of drug-likeness (QED) is 0.595. The second kappa shape index (κ2) is 8.03. The van der Waals surface area contributed by atoms with Crippen molar-refractivity contribution in [2.45, 2.75) is 46.1 Å². The van der Waals surface area contributed by atoms with Gasteiger partial charge in [0.1, 0.15) is 5.82 Å². The fourth-order valence-electron chi connectivity index (χ4n) is 3.93. The Bertz CT molecular complexity index is 1060. The number of carbonyl (C=O) groups is 1. The Labute approximate surface area is 169 Å². The number of carbonyl (C=O) groups excluding carboxylic acids is 1. The summed E-state index contributed by atoms with van der Waals surface area (Å²) in [6, 6.07) is 9.63. The summed E-state index contributed by atoms with van der Waals surface area (Å²) in [4.78, 5) is 33.0. The van der Waals surface area contributed by atoms with E-state index in [0.717, 1.165) is 28.2 Å². The number of benzene rings is 1. The zero-order chi connectivity index (χ0) is 20.4. The number of H-pyrrole nitrogens is 2. The van der Waals surface area contributed by atoms with E-state index in [1.54, 1.807) is 0 Å². The average molecular weight is 391 g/mol. The second-order valence-corrected chi connectivity index (χ2v) is 7.61. The van der Waals surface area contributed by atoms with E-state index in [4.69, 9.17) is 4.98 Å². The molecule has 0 saturated carbocycles. The molecule has 7 nitrogen and oxygen atoms in total. The zero-order valence-corrected chi connectivity index (χ0v) is 16.7. The molecule has 1 unspecified atom stereocenters. The zero-order valence-electron chi connectivity index (χ0n) is 16.7. The normalized spacial score (nSPS) is 16.1. The fourth-order valence-corrected chi connectivity index (χ4v) is 3.93. The summed E-state index contributed by atoms with van der Waals surface area (Å²) in [6.45, 7) is 4.34. The molecule has 150 valence electrons. The molecule has 0 bridgehead atoms. The van der Waals surface area contributed by atoms with E-state index in [-0.39, 0.29) is 17.4 Å². The summed E-state index contributed by atoms with van der Waals surface area (Å²) in [5.74, 6) is 0.483. The summed E-state index contributed by atoms with van der Waals surface area (Å²) in [5.41, 5.74) is 5.21. The first-order valence-electron chi connectivity index (χ1n) is 9.98. The van der Waals surface area contributed by atoms with E-state index in [1.165, 1.54) is 0 Å². The van der Waals surface area contributed by atoms with E-state index in [1.807, 2.05) is 44.2 Å². The van der Waals surface area contributed by atoms with E-state index in [0.29, 0.717) is 43.6 Å². The monoisotopic (exact) mass is 391 g/mol. The van der Waals surface area contributed by atoms with Gasteiger partial charge < -0.3 is 10.3 Å². The van der Waals surface area contributed by atoms with Crippen LogP contribution in [-0.2, 0) is 24.2 Å². The van der Waals surface area contributed by atoms with E-state index in [9.17, 15) is 9.59 Å². The molecule has 1 aromatic carbocycles. The molecule has 1 atom stereocenters. The van der Waals surface area contributed by atoms with Crippen LogP contribution in [0.3, 0.4) is 0 Å². The van der Waals surface area contributed by atoms with E-state index in [2.05, 4.69) is 20.5 Å². The highest BCUT2D eigenvalue weighted by atomic mass is 16.2. The van der Waals surface area contributed by atoms with Gasteiger partial charge in [-0.1, -0.05) is 30.3 Å². The highest BCUT2D eigenvalue weighted by Crippen LogP contribution is 2.24. The lowest BCUT2D eigenvalue weighted by molar-refractivity contribution is -0.125. The van der Waals surface area contributed by atoms with Gasteiger partial charge in [-0.15, -0.1) is 0 Å².